The molecular weight excluding hydrogens is 372 g/mol. The Labute approximate surface area is 168 Å². The maximum atomic E-state index is 5.48. The Morgan fingerprint density at radius 3 is 2.69 bits per heavy atom. The van der Waals surface area contributed by atoms with Crippen molar-refractivity contribution in [1.82, 2.24) is 25.0 Å². The van der Waals surface area contributed by atoms with E-state index in [2.05, 4.69) is 29.9 Å². The van der Waals surface area contributed by atoms with E-state index in [0.717, 1.165) is 54.7 Å². The van der Waals surface area contributed by atoms with Crippen LogP contribution in [0.1, 0.15) is 17.3 Å². The molecule has 1 saturated heterocycles. The highest BCUT2D eigenvalue weighted by Gasteiger charge is 2.22. The van der Waals surface area contributed by atoms with Gasteiger partial charge in [0.2, 0.25) is 18.5 Å². The molecule has 2 aliphatic heterocycles. The van der Waals surface area contributed by atoms with Crippen molar-refractivity contribution in [2.24, 2.45) is 0 Å². The third kappa shape index (κ3) is 3.61. The molecule has 0 atom stereocenters. The highest BCUT2D eigenvalue weighted by atomic mass is 16.7. The maximum absolute atomic E-state index is 5.48. The van der Waals surface area contributed by atoms with Gasteiger partial charge in [0.25, 0.3) is 0 Å². The van der Waals surface area contributed by atoms with Gasteiger partial charge in [0, 0.05) is 37.9 Å². The smallest absolute Gasteiger partial charge is 0.241 e. The van der Waals surface area contributed by atoms with Crippen molar-refractivity contribution in [2.45, 2.75) is 20.4 Å². The van der Waals surface area contributed by atoms with Crippen LogP contribution in [0.25, 0.3) is 11.4 Å². The molecule has 0 N–H and O–H groups in total. The average Bonchev–Trinajstić information content (AvgIpc) is 3.39. The van der Waals surface area contributed by atoms with Crippen LogP contribution in [-0.2, 0) is 6.54 Å². The molecule has 29 heavy (non-hydrogen) atoms. The molecule has 0 radical (unpaired) electrons. The number of anilines is 1. The van der Waals surface area contributed by atoms with Gasteiger partial charge < -0.3 is 18.9 Å². The summed E-state index contributed by atoms with van der Waals surface area (Å²) in [5.41, 5.74) is 2.76. The molecule has 0 amide bonds. The van der Waals surface area contributed by atoms with E-state index in [1.807, 2.05) is 38.2 Å². The van der Waals surface area contributed by atoms with E-state index in [0.29, 0.717) is 24.0 Å². The number of piperazine rings is 1. The molecule has 150 valence electrons. The first-order chi connectivity index (χ1) is 14.2. The standard InChI is InChI=1S/C20H22N6O3/c1-13-10-21-14(2)20(22-13)26-7-5-25(6-8-26)11-18-23-19(24-29-18)15-3-4-16-17(9-15)28-12-27-16/h3-4,9-10H,5-8,11-12H2,1-2H3. The number of aryl methyl sites for hydroxylation is 2. The summed E-state index contributed by atoms with van der Waals surface area (Å²) in [6, 6.07) is 5.65. The molecule has 2 aromatic heterocycles. The van der Waals surface area contributed by atoms with Crippen LogP contribution >= 0.6 is 0 Å². The van der Waals surface area contributed by atoms with Crippen molar-refractivity contribution < 1.29 is 14.0 Å². The molecule has 0 bridgehead atoms. The Hall–Kier alpha value is -3.20. The summed E-state index contributed by atoms with van der Waals surface area (Å²) >= 11 is 0. The summed E-state index contributed by atoms with van der Waals surface area (Å²) in [4.78, 5) is 18.2. The largest absolute Gasteiger partial charge is 0.454 e. The first kappa shape index (κ1) is 17.9. The van der Waals surface area contributed by atoms with E-state index in [9.17, 15) is 0 Å². The van der Waals surface area contributed by atoms with Gasteiger partial charge in [-0.25, -0.2) is 4.98 Å². The molecule has 0 spiro atoms. The lowest BCUT2D eigenvalue weighted by Crippen LogP contribution is -2.46. The number of fused-ring (bicyclic) bond motifs is 1. The second kappa shape index (κ2) is 7.32. The van der Waals surface area contributed by atoms with Crippen LogP contribution in [0, 0.1) is 13.8 Å². The first-order valence-electron chi connectivity index (χ1n) is 9.66. The minimum Gasteiger partial charge on any atom is -0.454 e. The minimum atomic E-state index is 0.246. The molecular formula is C20H22N6O3. The number of aromatic nitrogens is 4. The molecule has 0 aliphatic carbocycles. The summed E-state index contributed by atoms with van der Waals surface area (Å²) in [5.74, 6) is 3.59. The van der Waals surface area contributed by atoms with Crippen molar-refractivity contribution >= 4 is 5.82 Å². The third-order valence-electron chi connectivity index (χ3n) is 5.18. The van der Waals surface area contributed by atoms with Crippen LogP contribution < -0.4 is 14.4 Å². The lowest BCUT2D eigenvalue weighted by atomic mass is 10.2. The quantitative estimate of drug-likeness (QED) is 0.660. The summed E-state index contributed by atoms with van der Waals surface area (Å²) in [6.07, 6.45) is 1.81. The number of rotatable bonds is 4. The van der Waals surface area contributed by atoms with E-state index in [1.165, 1.54) is 0 Å². The summed E-state index contributed by atoms with van der Waals surface area (Å²) < 4.78 is 16.2. The van der Waals surface area contributed by atoms with Gasteiger partial charge in [-0.3, -0.25) is 9.88 Å². The topological polar surface area (TPSA) is 89.6 Å². The lowest BCUT2D eigenvalue weighted by molar-refractivity contribution is 0.174. The van der Waals surface area contributed by atoms with Gasteiger partial charge in [-0.05, 0) is 32.0 Å². The van der Waals surface area contributed by atoms with E-state index in [-0.39, 0.29) is 6.79 Å². The third-order valence-corrected chi connectivity index (χ3v) is 5.18. The second-order valence-electron chi connectivity index (χ2n) is 7.26. The number of hydrogen-bond donors (Lipinski definition) is 0. The average molecular weight is 394 g/mol. The molecule has 2 aliphatic rings. The highest BCUT2D eigenvalue weighted by Crippen LogP contribution is 2.35. The molecule has 0 saturated carbocycles. The van der Waals surface area contributed by atoms with Crippen LogP contribution in [0.2, 0.25) is 0 Å². The van der Waals surface area contributed by atoms with Crippen LogP contribution in [0.4, 0.5) is 5.82 Å². The fraction of sp³-hybridized carbons (Fsp3) is 0.400. The van der Waals surface area contributed by atoms with Gasteiger partial charge in [0.15, 0.2) is 11.5 Å². The van der Waals surface area contributed by atoms with Crippen molar-refractivity contribution in [3.05, 3.63) is 41.7 Å². The van der Waals surface area contributed by atoms with Crippen molar-refractivity contribution in [3.8, 4) is 22.9 Å². The number of hydrogen-bond acceptors (Lipinski definition) is 9. The SMILES string of the molecule is Cc1cnc(C)c(N2CCN(Cc3nc(-c4ccc5c(c4)OCO5)no3)CC2)n1. The zero-order chi connectivity index (χ0) is 19.8. The Bertz CT molecular complexity index is 1030. The molecule has 9 nitrogen and oxygen atoms in total. The van der Waals surface area contributed by atoms with Gasteiger partial charge in [-0.15, -0.1) is 0 Å². The summed E-state index contributed by atoms with van der Waals surface area (Å²) in [7, 11) is 0. The Balaban J connectivity index is 1.22. The van der Waals surface area contributed by atoms with Crippen LogP contribution in [0.15, 0.2) is 28.9 Å². The molecule has 0 unspecified atom stereocenters. The molecule has 1 fully saturated rings. The molecule has 9 heteroatoms. The van der Waals surface area contributed by atoms with Crippen LogP contribution in [0.5, 0.6) is 11.5 Å². The summed E-state index contributed by atoms with van der Waals surface area (Å²) in [6.45, 7) is 8.43. The van der Waals surface area contributed by atoms with Gasteiger partial charge in [0.05, 0.1) is 17.9 Å². The van der Waals surface area contributed by atoms with E-state index >= 15 is 0 Å². The Morgan fingerprint density at radius 1 is 1.00 bits per heavy atom. The van der Waals surface area contributed by atoms with Gasteiger partial charge in [-0.1, -0.05) is 5.16 Å². The minimum absolute atomic E-state index is 0.246. The predicted molar refractivity (Wildman–Crippen MR) is 105 cm³/mol. The van der Waals surface area contributed by atoms with Crippen molar-refractivity contribution in [1.29, 1.82) is 0 Å². The van der Waals surface area contributed by atoms with Crippen LogP contribution in [-0.4, -0.2) is 58.0 Å². The Kier molecular flexibility index (Phi) is 4.51. The number of ether oxygens (including phenoxy) is 2. The predicted octanol–water partition coefficient (Wildman–Crippen LogP) is 2.19. The van der Waals surface area contributed by atoms with Gasteiger partial charge in [-0.2, -0.15) is 4.98 Å². The fourth-order valence-electron chi connectivity index (χ4n) is 3.61. The van der Waals surface area contributed by atoms with Gasteiger partial charge in [0.1, 0.15) is 5.82 Å². The monoisotopic (exact) mass is 394 g/mol. The normalized spacial score (nSPS) is 16.4. The van der Waals surface area contributed by atoms with E-state index in [4.69, 9.17) is 14.0 Å². The van der Waals surface area contributed by atoms with E-state index < -0.39 is 0 Å². The zero-order valence-electron chi connectivity index (χ0n) is 16.5. The fourth-order valence-corrected chi connectivity index (χ4v) is 3.61. The first-order valence-corrected chi connectivity index (χ1v) is 9.66. The molecule has 1 aromatic carbocycles. The van der Waals surface area contributed by atoms with Gasteiger partial charge >= 0.3 is 0 Å². The van der Waals surface area contributed by atoms with Crippen molar-refractivity contribution in [3.63, 3.8) is 0 Å². The molecule has 5 rings (SSSR count). The van der Waals surface area contributed by atoms with Crippen LogP contribution in [0.3, 0.4) is 0 Å². The highest BCUT2D eigenvalue weighted by molar-refractivity contribution is 5.61. The number of nitrogens with zero attached hydrogens (tertiary/aromatic N) is 6. The van der Waals surface area contributed by atoms with Crippen molar-refractivity contribution in [2.75, 3.05) is 37.9 Å². The maximum Gasteiger partial charge on any atom is 0.241 e. The molecule has 3 aromatic rings. The summed E-state index contributed by atoms with van der Waals surface area (Å²) in [5, 5.41) is 4.12. The molecule has 4 heterocycles. The Morgan fingerprint density at radius 2 is 1.83 bits per heavy atom. The zero-order valence-corrected chi connectivity index (χ0v) is 16.5. The number of benzene rings is 1. The van der Waals surface area contributed by atoms with E-state index in [1.54, 1.807) is 0 Å². The second-order valence-corrected chi connectivity index (χ2v) is 7.26. The lowest BCUT2D eigenvalue weighted by Gasteiger charge is -2.35.